The van der Waals surface area contributed by atoms with Crippen molar-refractivity contribution >= 4 is 12.0 Å². The number of hydrogen-bond donors (Lipinski definition) is 0. The predicted octanol–water partition coefficient (Wildman–Crippen LogP) is 3.08. The lowest BCUT2D eigenvalue weighted by molar-refractivity contribution is -0.142. The molecule has 0 aromatic heterocycles. The molecule has 0 spiro atoms. The summed E-state index contributed by atoms with van der Waals surface area (Å²) in [5.74, 6) is 1.39. The maximum absolute atomic E-state index is 11.8. The van der Waals surface area contributed by atoms with Crippen LogP contribution in [0.4, 0.5) is 0 Å². The maximum Gasteiger partial charge on any atom is 0.331 e. The fourth-order valence-electron chi connectivity index (χ4n) is 1.97. The molecule has 0 aliphatic heterocycles. The number of benzene rings is 1. The summed E-state index contributed by atoms with van der Waals surface area (Å²) in [7, 11) is 6.07. The third-order valence-electron chi connectivity index (χ3n) is 3.33. The first-order valence-corrected chi connectivity index (χ1v) is 7.27. The summed E-state index contributed by atoms with van der Waals surface area (Å²) in [5, 5.41) is 0. The second kappa shape index (κ2) is 8.92. The Balaban J connectivity index is 3.28. The van der Waals surface area contributed by atoms with Crippen LogP contribution in [-0.4, -0.2) is 40.5 Å². The molecule has 6 nitrogen and oxygen atoms in total. The van der Waals surface area contributed by atoms with Gasteiger partial charge in [0.15, 0.2) is 23.0 Å². The molecule has 1 rings (SSSR count). The van der Waals surface area contributed by atoms with E-state index in [-0.39, 0.29) is 6.10 Å². The van der Waals surface area contributed by atoms with Crippen LogP contribution in [0.25, 0.3) is 6.08 Å². The molecule has 128 valence electrons. The van der Waals surface area contributed by atoms with E-state index in [1.165, 1.54) is 34.5 Å². The molecule has 1 aromatic carbocycles. The van der Waals surface area contributed by atoms with Gasteiger partial charge in [0.25, 0.3) is 0 Å². The molecule has 0 saturated carbocycles. The number of ether oxygens (including phenoxy) is 5. The summed E-state index contributed by atoms with van der Waals surface area (Å²) in [5.41, 5.74) is 0.535. The summed E-state index contributed by atoms with van der Waals surface area (Å²) in [4.78, 5) is 11.8. The largest absolute Gasteiger partial charge is 0.493 e. The lowest BCUT2D eigenvalue weighted by Gasteiger charge is -2.17. The molecule has 0 N–H and O–H groups in total. The van der Waals surface area contributed by atoms with Crippen molar-refractivity contribution in [3.05, 3.63) is 17.7 Å². The Bertz CT molecular complexity index is 534. The molecule has 6 heteroatoms. The molecule has 0 radical (unpaired) electrons. The summed E-state index contributed by atoms with van der Waals surface area (Å²) >= 11 is 0. The minimum atomic E-state index is -0.440. The van der Waals surface area contributed by atoms with Gasteiger partial charge in [0.05, 0.1) is 40.1 Å². The Morgan fingerprint density at radius 3 is 1.96 bits per heavy atom. The molecule has 0 heterocycles. The smallest absolute Gasteiger partial charge is 0.331 e. The van der Waals surface area contributed by atoms with Gasteiger partial charge in [-0.05, 0) is 19.4 Å². The van der Waals surface area contributed by atoms with Gasteiger partial charge in [0.1, 0.15) is 0 Å². The summed E-state index contributed by atoms with van der Waals surface area (Å²) < 4.78 is 26.6. The fourth-order valence-corrected chi connectivity index (χ4v) is 1.97. The molecular formula is C17H24O6. The van der Waals surface area contributed by atoms with Gasteiger partial charge in [0.2, 0.25) is 0 Å². The van der Waals surface area contributed by atoms with Crippen LogP contribution >= 0.6 is 0 Å². The molecule has 0 aliphatic rings. The average Bonchev–Trinajstić information content (AvgIpc) is 2.57. The van der Waals surface area contributed by atoms with E-state index in [1.807, 2.05) is 13.8 Å². The Hall–Kier alpha value is -2.37. The van der Waals surface area contributed by atoms with Gasteiger partial charge in [0, 0.05) is 12.1 Å². The zero-order chi connectivity index (χ0) is 17.4. The summed E-state index contributed by atoms with van der Waals surface area (Å²) in [6, 6.07) is 1.66. The van der Waals surface area contributed by atoms with Crippen molar-refractivity contribution in [2.45, 2.75) is 26.4 Å². The van der Waals surface area contributed by atoms with Gasteiger partial charge in [-0.1, -0.05) is 6.92 Å². The number of carbonyl (C=O) groups excluding carboxylic acids is 1. The lowest BCUT2D eigenvalue weighted by atomic mass is 10.1. The van der Waals surface area contributed by atoms with Crippen LogP contribution < -0.4 is 18.9 Å². The first-order valence-electron chi connectivity index (χ1n) is 7.27. The summed E-state index contributed by atoms with van der Waals surface area (Å²) in [6.45, 7) is 3.78. The zero-order valence-corrected chi connectivity index (χ0v) is 14.5. The first-order chi connectivity index (χ1) is 11.0. The van der Waals surface area contributed by atoms with Crippen LogP contribution in [0.3, 0.4) is 0 Å². The van der Waals surface area contributed by atoms with Crippen LogP contribution in [0.15, 0.2) is 12.1 Å². The van der Waals surface area contributed by atoms with E-state index < -0.39 is 5.97 Å². The highest BCUT2D eigenvalue weighted by atomic mass is 16.5. The zero-order valence-electron chi connectivity index (χ0n) is 14.5. The highest BCUT2D eigenvalue weighted by Crippen LogP contribution is 2.45. The highest BCUT2D eigenvalue weighted by Gasteiger charge is 2.20. The molecule has 0 amide bonds. The van der Waals surface area contributed by atoms with E-state index in [1.54, 1.807) is 12.1 Å². The quantitative estimate of drug-likeness (QED) is 0.541. The van der Waals surface area contributed by atoms with Crippen molar-refractivity contribution < 1.29 is 28.5 Å². The summed E-state index contributed by atoms with van der Waals surface area (Å²) in [6.07, 6.45) is 3.49. The van der Waals surface area contributed by atoms with Gasteiger partial charge < -0.3 is 23.7 Å². The monoisotopic (exact) mass is 324 g/mol. The molecule has 1 unspecified atom stereocenters. The molecule has 0 aliphatic carbocycles. The van der Waals surface area contributed by atoms with Crippen LogP contribution in [0.2, 0.25) is 0 Å². The van der Waals surface area contributed by atoms with Crippen LogP contribution in [0.5, 0.6) is 23.0 Å². The Kier molecular flexibility index (Phi) is 7.25. The first kappa shape index (κ1) is 18.7. The second-order valence-corrected chi connectivity index (χ2v) is 4.75. The number of rotatable bonds is 8. The van der Waals surface area contributed by atoms with Crippen molar-refractivity contribution in [3.8, 4) is 23.0 Å². The van der Waals surface area contributed by atoms with Crippen molar-refractivity contribution in [1.29, 1.82) is 0 Å². The highest BCUT2D eigenvalue weighted by molar-refractivity contribution is 5.89. The number of esters is 1. The van der Waals surface area contributed by atoms with Crippen LogP contribution in [-0.2, 0) is 9.53 Å². The van der Waals surface area contributed by atoms with Gasteiger partial charge >= 0.3 is 5.97 Å². The molecule has 1 aromatic rings. The van der Waals surface area contributed by atoms with Crippen molar-refractivity contribution in [3.63, 3.8) is 0 Å². The van der Waals surface area contributed by atoms with Crippen molar-refractivity contribution in [2.75, 3.05) is 28.4 Å². The van der Waals surface area contributed by atoms with Crippen molar-refractivity contribution in [1.82, 2.24) is 0 Å². The van der Waals surface area contributed by atoms with Gasteiger partial charge in [-0.25, -0.2) is 4.79 Å². The molecule has 1 atom stereocenters. The van der Waals surface area contributed by atoms with Gasteiger partial charge in [-0.15, -0.1) is 0 Å². The standard InChI is InChI=1S/C17H24O6/c1-7-11(2)23-15(18)9-8-12-16(21-5)13(19-3)10-14(20-4)17(12)22-6/h8-11H,7H2,1-6H3. The predicted molar refractivity (Wildman–Crippen MR) is 87.5 cm³/mol. The molecule has 0 saturated heterocycles. The molecule has 23 heavy (non-hydrogen) atoms. The van der Waals surface area contributed by atoms with E-state index >= 15 is 0 Å². The Labute approximate surface area is 136 Å². The maximum atomic E-state index is 11.8. The SMILES string of the molecule is CCC(C)OC(=O)C=Cc1c(OC)c(OC)cc(OC)c1OC. The van der Waals surface area contributed by atoms with E-state index in [2.05, 4.69) is 0 Å². The normalized spacial score (nSPS) is 11.9. The minimum absolute atomic E-state index is 0.143. The average molecular weight is 324 g/mol. The number of hydrogen-bond acceptors (Lipinski definition) is 6. The molecule has 0 fully saturated rings. The van der Waals surface area contributed by atoms with Gasteiger partial charge in [-0.2, -0.15) is 0 Å². The minimum Gasteiger partial charge on any atom is -0.493 e. The lowest BCUT2D eigenvalue weighted by Crippen LogP contribution is -2.11. The Morgan fingerprint density at radius 1 is 1.04 bits per heavy atom. The van der Waals surface area contributed by atoms with E-state index in [0.717, 1.165) is 6.42 Å². The van der Waals surface area contributed by atoms with E-state index in [0.29, 0.717) is 28.6 Å². The van der Waals surface area contributed by atoms with Crippen molar-refractivity contribution in [2.24, 2.45) is 0 Å². The van der Waals surface area contributed by atoms with Gasteiger partial charge in [-0.3, -0.25) is 0 Å². The molecular weight excluding hydrogens is 300 g/mol. The van der Waals surface area contributed by atoms with Crippen LogP contribution in [0, 0.1) is 0 Å². The third kappa shape index (κ3) is 4.55. The van der Waals surface area contributed by atoms with Crippen LogP contribution in [0.1, 0.15) is 25.8 Å². The number of carbonyl (C=O) groups is 1. The van der Waals surface area contributed by atoms with E-state index in [9.17, 15) is 4.79 Å². The Morgan fingerprint density at radius 2 is 1.57 bits per heavy atom. The number of methoxy groups -OCH3 is 4. The molecule has 0 bridgehead atoms. The fraction of sp³-hybridized carbons (Fsp3) is 0.471. The topological polar surface area (TPSA) is 63.2 Å². The third-order valence-corrected chi connectivity index (χ3v) is 3.33. The second-order valence-electron chi connectivity index (χ2n) is 4.75. The van der Waals surface area contributed by atoms with E-state index in [4.69, 9.17) is 23.7 Å².